The largest absolute Gasteiger partial charge is 0.369 e. The molecule has 1 aliphatic heterocycles. The zero-order chi connectivity index (χ0) is 14.1. The molecule has 1 aliphatic rings. The molecule has 1 fully saturated rings. The van der Waals surface area contributed by atoms with Crippen LogP contribution in [0, 0.1) is 5.92 Å². The highest BCUT2D eigenvalue weighted by atomic mass is 16.1. The van der Waals surface area contributed by atoms with Crippen LogP contribution in [0.2, 0.25) is 0 Å². The van der Waals surface area contributed by atoms with E-state index in [1.165, 1.54) is 0 Å². The van der Waals surface area contributed by atoms with Gasteiger partial charge >= 0.3 is 0 Å². The van der Waals surface area contributed by atoms with Gasteiger partial charge in [-0.05, 0) is 25.0 Å². The standard InChI is InChI=1S/C14H16N4O2/c15-12(19)9-4-3-7-18(8-9)14-16-11-6-2-1-5-10(11)13(20)17-14/h1-2,5-6,9H,3-4,7-8H2,(H2,15,19)(H,16,17,20). The summed E-state index contributed by atoms with van der Waals surface area (Å²) in [5.41, 5.74) is 5.87. The molecular weight excluding hydrogens is 256 g/mol. The Morgan fingerprint density at radius 2 is 2.20 bits per heavy atom. The number of amides is 1. The molecule has 0 bridgehead atoms. The van der Waals surface area contributed by atoms with E-state index in [-0.39, 0.29) is 17.4 Å². The third-order valence-electron chi connectivity index (χ3n) is 3.72. The fourth-order valence-electron chi connectivity index (χ4n) is 2.63. The molecule has 1 amide bonds. The first-order chi connectivity index (χ1) is 9.65. The molecule has 0 spiro atoms. The maximum atomic E-state index is 12.0. The Bertz CT molecular complexity index is 710. The number of H-pyrrole nitrogens is 1. The van der Waals surface area contributed by atoms with E-state index < -0.39 is 0 Å². The number of hydrogen-bond acceptors (Lipinski definition) is 4. The molecule has 6 nitrogen and oxygen atoms in total. The van der Waals surface area contributed by atoms with Crippen molar-refractivity contribution in [3.63, 3.8) is 0 Å². The molecule has 3 rings (SSSR count). The van der Waals surface area contributed by atoms with Crippen molar-refractivity contribution in [1.82, 2.24) is 9.97 Å². The lowest BCUT2D eigenvalue weighted by Crippen LogP contribution is -2.42. The van der Waals surface area contributed by atoms with E-state index in [1.807, 2.05) is 23.1 Å². The first-order valence-corrected chi connectivity index (χ1v) is 6.68. The highest BCUT2D eigenvalue weighted by Gasteiger charge is 2.25. The van der Waals surface area contributed by atoms with Crippen LogP contribution in [-0.4, -0.2) is 29.0 Å². The molecule has 0 radical (unpaired) electrons. The minimum Gasteiger partial charge on any atom is -0.369 e. The van der Waals surface area contributed by atoms with E-state index >= 15 is 0 Å². The van der Waals surface area contributed by atoms with Gasteiger partial charge in [0, 0.05) is 13.1 Å². The van der Waals surface area contributed by atoms with E-state index in [1.54, 1.807) is 6.07 Å². The lowest BCUT2D eigenvalue weighted by molar-refractivity contribution is -0.122. The number of benzene rings is 1. The number of anilines is 1. The molecule has 1 aromatic carbocycles. The zero-order valence-electron chi connectivity index (χ0n) is 11.0. The minimum absolute atomic E-state index is 0.160. The lowest BCUT2D eigenvalue weighted by Gasteiger charge is -2.31. The summed E-state index contributed by atoms with van der Waals surface area (Å²) in [7, 11) is 0. The molecule has 1 unspecified atom stereocenters. The molecule has 2 aromatic rings. The molecule has 6 heteroatoms. The summed E-state index contributed by atoms with van der Waals surface area (Å²) in [4.78, 5) is 32.5. The number of nitrogens with zero attached hydrogens (tertiary/aromatic N) is 2. The highest BCUT2D eigenvalue weighted by Crippen LogP contribution is 2.20. The van der Waals surface area contributed by atoms with Crippen LogP contribution in [0.15, 0.2) is 29.1 Å². The van der Waals surface area contributed by atoms with Gasteiger partial charge in [0.25, 0.3) is 5.56 Å². The first-order valence-electron chi connectivity index (χ1n) is 6.68. The van der Waals surface area contributed by atoms with Crippen molar-refractivity contribution >= 4 is 22.8 Å². The predicted octanol–water partition coefficient (Wildman–Crippen LogP) is 0.625. The highest BCUT2D eigenvalue weighted by molar-refractivity contribution is 5.79. The van der Waals surface area contributed by atoms with Gasteiger partial charge in [-0.1, -0.05) is 12.1 Å². The number of nitrogens with two attached hydrogens (primary N) is 1. The van der Waals surface area contributed by atoms with Crippen molar-refractivity contribution < 1.29 is 4.79 Å². The van der Waals surface area contributed by atoms with Crippen LogP contribution in [0.1, 0.15) is 12.8 Å². The van der Waals surface area contributed by atoms with Crippen LogP contribution in [0.5, 0.6) is 0 Å². The number of carbonyl (C=O) groups excluding carboxylic acids is 1. The molecule has 1 aromatic heterocycles. The predicted molar refractivity (Wildman–Crippen MR) is 76.5 cm³/mol. The molecule has 20 heavy (non-hydrogen) atoms. The van der Waals surface area contributed by atoms with Gasteiger partial charge in [-0.3, -0.25) is 14.6 Å². The topological polar surface area (TPSA) is 92.1 Å². The zero-order valence-corrected chi connectivity index (χ0v) is 11.0. The Morgan fingerprint density at radius 3 is 3.00 bits per heavy atom. The van der Waals surface area contributed by atoms with Crippen LogP contribution in [0.25, 0.3) is 10.9 Å². The molecule has 1 saturated heterocycles. The summed E-state index contributed by atoms with van der Waals surface area (Å²) in [5.74, 6) is 0.0398. The minimum atomic E-state index is -0.294. The Hall–Kier alpha value is -2.37. The van der Waals surface area contributed by atoms with E-state index in [9.17, 15) is 9.59 Å². The number of piperidine rings is 1. The third-order valence-corrected chi connectivity index (χ3v) is 3.72. The summed E-state index contributed by atoms with van der Waals surface area (Å²) >= 11 is 0. The maximum Gasteiger partial charge on any atom is 0.260 e. The van der Waals surface area contributed by atoms with Gasteiger partial charge < -0.3 is 10.6 Å². The monoisotopic (exact) mass is 272 g/mol. The Kier molecular flexibility index (Phi) is 3.14. The van der Waals surface area contributed by atoms with Crippen LogP contribution in [-0.2, 0) is 4.79 Å². The van der Waals surface area contributed by atoms with Crippen LogP contribution in [0.3, 0.4) is 0 Å². The average Bonchev–Trinajstić information content (AvgIpc) is 2.47. The summed E-state index contributed by atoms with van der Waals surface area (Å²) in [5, 5.41) is 0.569. The van der Waals surface area contributed by atoms with E-state index in [0.29, 0.717) is 23.4 Å². The van der Waals surface area contributed by atoms with Crippen LogP contribution >= 0.6 is 0 Å². The van der Waals surface area contributed by atoms with Crippen molar-refractivity contribution in [3.8, 4) is 0 Å². The van der Waals surface area contributed by atoms with Crippen LogP contribution < -0.4 is 16.2 Å². The number of aromatic nitrogens is 2. The van der Waals surface area contributed by atoms with Gasteiger partial charge in [0.2, 0.25) is 11.9 Å². The van der Waals surface area contributed by atoms with E-state index in [4.69, 9.17) is 5.73 Å². The van der Waals surface area contributed by atoms with Gasteiger partial charge in [0.1, 0.15) is 0 Å². The molecule has 2 heterocycles. The number of aromatic amines is 1. The SMILES string of the molecule is NC(=O)C1CCCN(c2nc3ccccc3c(=O)[nH]2)C1. The molecule has 0 saturated carbocycles. The average molecular weight is 272 g/mol. The van der Waals surface area contributed by atoms with Gasteiger partial charge in [-0.2, -0.15) is 0 Å². The van der Waals surface area contributed by atoms with Crippen molar-refractivity contribution in [1.29, 1.82) is 0 Å². The molecular formula is C14H16N4O2. The summed E-state index contributed by atoms with van der Waals surface area (Å²) in [6.07, 6.45) is 1.66. The fraction of sp³-hybridized carbons (Fsp3) is 0.357. The Balaban J connectivity index is 1.98. The number of carbonyl (C=O) groups is 1. The molecule has 0 aliphatic carbocycles. The van der Waals surface area contributed by atoms with E-state index in [2.05, 4.69) is 9.97 Å². The summed E-state index contributed by atoms with van der Waals surface area (Å²) in [6, 6.07) is 7.21. The van der Waals surface area contributed by atoms with Crippen LogP contribution in [0.4, 0.5) is 5.95 Å². The van der Waals surface area contributed by atoms with Gasteiger partial charge in [-0.15, -0.1) is 0 Å². The second-order valence-electron chi connectivity index (χ2n) is 5.09. The maximum absolute atomic E-state index is 12.0. The van der Waals surface area contributed by atoms with Gasteiger partial charge in [0.15, 0.2) is 0 Å². The van der Waals surface area contributed by atoms with Crippen molar-refractivity contribution in [2.24, 2.45) is 11.7 Å². The van der Waals surface area contributed by atoms with Gasteiger partial charge in [0.05, 0.1) is 16.8 Å². The third kappa shape index (κ3) is 2.24. The van der Waals surface area contributed by atoms with E-state index in [0.717, 1.165) is 19.4 Å². The van der Waals surface area contributed by atoms with Gasteiger partial charge in [-0.25, -0.2) is 4.98 Å². The Morgan fingerprint density at radius 1 is 1.40 bits per heavy atom. The number of rotatable bonds is 2. The first kappa shape index (κ1) is 12.7. The summed E-state index contributed by atoms with van der Waals surface area (Å²) < 4.78 is 0. The van der Waals surface area contributed by atoms with Crippen molar-refractivity contribution in [2.75, 3.05) is 18.0 Å². The summed E-state index contributed by atoms with van der Waals surface area (Å²) in [6.45, 7) is 1.28. The molecule has 1 atom stereocenters. The van der Waals surface area contributed by atoms with Crippen molar-refractivity contribution in [3.05, 3.63) is 34.6 Å². The fourth-order valence-corrected chi connectivity index (χ4v) is 2.63. The molecule has 104 valence electrons. The molecule has 3 N–H and O–H groups in total. The Labute approximate surface area is 115 Å². The number of fused-ring (bicyclic) bond motifs is 1. The second-order valence-corrected chi connectivity index (χ2v) is 5.09. The number of hydrogen-bond donors (Lipinski definition) is 2. The lowest BCUT2D eigenvalue weighted by atomic mass is 9.98. The normalized spacial score (nSPS) is 19.2. The second kappa shape index (κ2) is 4.96. The number of para-hydroxylation sites is 1. The number of primary amides is 1. The van der Waals surface area contributed by atoms with Crippen molar-refractivity contribution in [2.45, 2.75) is 12.8 Å². The number of nitrogens with one attached hydrogen (secondary N) is 1. The smallest absolute Gasteiger partial charge is 0.260 e. The quantitative estimate of drug-likeness (QED) is 0.838.